The fourth-order valence-electron chi connectivity index (χ4n) is 2.33. The van der Waals surface area contributed by atoms with Crippen molar-refractivity contribution in [2.75, 3.05) is 6.54 Å². The molecule has 3 nitrogen and oxygen atoms in total. The highest BCUT2D eigenvalue weighted by Gasteiger charge is 2.32. The summed E-state index contributed by atoms with van der Waals surface area (Å²) >= 11 is 1.88. The first-order chi connectivity index (χ1) is 8.93. The van der Waals surface area contributed by atoms with Gasteiger partial charge < -0.3 is 5.32 Å². The fourth-order valence-corrected chi connectivity index (χ4v) is 3.22. The lowest BCUT2D eigenvalue weighted by atomic mass is 10.1. The first kappa shape index (κ1) is 11.9. The van der Waals surface area contributed by atoms with Crippen LogP contribution in [-0.2, 0) is 6.54 Å². The average Bonchev–Trinajstić information content (AvgIpc) is 2.89. The maximum Gasteiger partial charge on any atom is 0.0489 e. The summed E-state index contributed by atoms with van der Waals surface area (Å²) in [7, 11) is 0. The molecule has 2 heterocycles. The van der Waals surface area contributed by atoms with Gasteiger partial charge >= 0.3 is 0 Å². The fraction of sp³-hybridized carbons (Fsp3) is 0.500. The molecule has 18 heavy (non-hydrogen) atoms. The van der Waals surface area contributed by atoms with Crippen LogP contribution < -0.4 is 5.32 Å². The lowest BCUT2D eigenvalue weighted by molar-refractivity contribution is 0.459. The van der Waals surface area contributed by atoms with Crippen molar-refractivity contribution in [1.82, 2.24) is 15.1 Å². The van der Waals surface area contributed by atoms with Crippen molar-refractivity contribution in [2.45, 2.75) is 31.8 Å². The normalized spacial score (nSPS) is 16.9. The van der Waals surface area contributed by atoms with E-state index in [0.717, 1.165) is 25.4 Å². The number of hydrogen-bond donors (Lipinski definition) is 1. The smallest absolute Gasteiger partial charge is 0.0489 e. The molecule has 1 saturated carbocycles. The van der Waals surface area contributed by atoms with Gasteiger partial charge in [0.25, 0.3) is 0 Å². The van der Waals surface area contributed by atoms with Gasteiger partial charge in [-0.15, -0.1) is 11.3 Å². The Morgan fingerprint density at radius 3 is 3.06 bits per heavy atom. The second-order valence-corrected chi connectivity index (χ2v) is 5.89. The second kappa shape index (κ2) is 5.67. The van der Waals surface area contributed by atoms with Crippen molar-refractivity contribution < 1.29 is 0 Å². The summed E-state index contributed by atoms with van der Waals surface area (Å²) in [5, 5.41) is 10.1. The summed E-state index contributed by atoms with van der Waals surface area (Å²) in [5.74, 6) is 0.869. The molecule has 1 fully saturated rings. The molecule has 0 amide bonds. The Morgan fingerprint density at radius 1 is 1.44 bits per heavy atom. The Labute approximate surface area is 112 Å². The second-order valence-electron chi connectivity index (χ2n) is 4.91. The van der Waals surface area contributed by atoms with Crippen LogP contribution in [0.15, 0.2) is 36.0 Å². The minimum atomic E-state index is 0.586. The van der Waals surface area contributed by atoms with Crippen LogP contribution in [-0.4, -0.2) is 16.3 Å². The number of nitrogens with one attached hydrogen (secondary N) is 1. The van der Waals surface area contributed by atoms with Crippen LogP contribution in [0.25, 0.3) is 0 Å². The van der Waals surface area contributed by atoms with Gasteiger partial charge in [-0.25, -0.2) is 0 Å². The summed E-state index contributed by atoms with van der Waals surface area (Å²) < 4.78 is 2.00. The Morgan fingerprint density at radius 2 is 2.39 bits per heavy atom. The van der Waals surface area contributed by atoms with Crippen LogP contribution in [0.3, 0.4) is 0 Å². The van der Waals surface area contributed by atoms with Gasteiger partial charge in [-0.3, -0.25) is 4.68 Å². The third-order valence-electron chi connectivity index (χ3n) is 3.43. The predicted molar refractivity (Wildman–Crippen MR) is 74.6 cm³/mol. The molecule has 3 rings (SSSR count). The molecule has 0 aromatic carbocycles. The molecule has 1 aliphatic rings. The first-order valence-corrected chi connectivity index (χ1v) is 7.55. The van der Waals surface area contributed by atoms with E-state index in [1.807, 2.05) is 34.5 Å². The Kier molecular flexibility index (Phi) is 3.76. The van der Waals surface area contributed by atoms with Crippen molar-refractivity contribution in [3.63, 3.8) is 0 Å². The number of hydrogen-bond acceptors (Lipinski definition) is 3. The zero-order valence-electron chi connectivity index (χ0n) is 10.5. The molecule has 2 aromatic rings. The van der Waals surface area contributed by atoms with Gasteiger partial charge in [0.2, 0.25) is 0 Å². The van der Waals surface area contributed by atoms with Crippen LogP contribution in [0, 0.1) is 5.92 Å². The van der Waals surface area contributed by atoms with Gasteiger partial charge in [-0.2, -0.15) is 5.10 Å². The Bertz CT molecular complexity index is 445. The molecule has 0 saturated heterocycles. The van der Waals surface area contributed by atoms with Crippen molar-refractivity contribution in [2.24, 2.45) is 5.92 Å². The van der Waals surface area contributed by atoms with E-state index in [4.69, 9.17) is 0 Å². The number of aryl methyl sites for hydroxylation is 1. The quantitative estimate of drug-likeness (QED) is 0.776. The van der Waals surface area contributed by atoms with E-state index in [0.29, 0.717) is 6.04 Å². The van der Waals surface area contributed by atoms with Crippen molar-refractivity contribution in [1.29, 1.82) is 0 Å². The molecule has 1 atom stereocenters. The first-order valence-electron chi connectivity index (χ1n) is 6.68. The molecular weight excluding hydrogens is 242 g/mol. The highest BCUT2D eigenvalue weighted by atomic mass is 32.1. The molecule has 4 heteroatoms. The van der Waals surface area contributed by atoms with Crippen LogP contribution in [0.4, 0.5) is 0 Å². The zero-order chi connectivity index (χ0) is 12.2. The van der Waals surface area contributed by atoms with Gasteiger partial charge in [-0.1, -0.05) is 6.07 Å². The van der Waals surface area contributed by atoms with Crippen LogP contribution >= 0.6 is 11.3 Å². The minimum Gasteiger partial charge on any atom is -0.309 e. The van der Waals surface area contributed by atoms with E-state index in [9.17, 15) is 0 Å². The number of rotatable bonds is 7. The highest BCUT2D eigenvalue weighted by Crippen LogP contribution is 2.42. The van der Waals surface area contributed by atoms with Crippen molar-refractivity contribution >= 4 is 11.3 Å². The van der Waals surface area contributed by atoms with Gasteiger partial charge in [-0.05, 0) is 49.2 Å². The predicted octanol–water partition coefficient (Wildman–Crippen LogP) is 3.08. The molecule has 0 spiro atoms. The lowest BCUT2D eigenvalue weighted by Crippen LogP contribution is -2.24. The number of nitrogens with zero attached hydrogens (tertiary/aromatic N) is 2. The van der Waals surface area contributed by atoms with Gasteiger partial charge in [0, 0.05) is 29.9 Å². The molecule has 0 bridgehead atoms. The Balaban J connectivity index is 1.46. The largest absolute Gasteiger partial charge is 0.309 e. The van der Waals surface area contributed by atoms with E-state index in [2.05, 4.69) is 27.9 Å². The molecule has 0 radical (unpaired) electrons. The van der Waals surface area contributed by atoms with Gasteiger partial charge in [0.05, 0.1) is 0 Å². The van der Waals surface area contributed by atoms with E-state index in [1.165, 1.54) is 17.7 Å². The SMILES string of the molecule is c1csc(C(NCCCn2cccn2)C2CC2)c1. The maximum absolute atomic E-state index is 4.22. The van der Waals surface area contributed by atoms with Crippen molar-refractivity contribution in [3.8, 4) is 0 Å². The zero-order valence-corrected chi connectivity index (χ0v) is 11.3. The highest BCUT2D eigenvalue weighted by molar-refractivity contribution is 7.10. The molecule has 1 unspecified atom stereocenters. The molecule has 0 aliphatic heterocycles. The summed E-state index contributed by atoms with van der Waals surface area (Å²) in [4.78, 5) is 1.50. The standard InChI is InChI=1S/C14H19N3S/c1-4-13(18-11-1)14(12-5-6-12)15-7-2-9-17-10-3-8-16-17/h1,3-4,8,10-12,14-15H,2,5-7,9H2. The summed E-state index contributed by atoms with van der Waals surface area (Å²) in [6.45, 7) is 2.07. The average molecular weight is 261 g/mol. The third-order valence-corrected chi connectivity index (χ3v) is 4.39. The Hall–Kier alpha value is -1.13. The summed E-state index contributed by atoms with van der Waals surface area (Å²) in [5.41, 5.74) is 0. The monoisotopic (exact) mass is 261 g/mol. The van der Waals surface area contributed by atoms with E-state index in [-0.39, 0.29) is 0 Å². The van der Waals surface area contributed by atoms with E-state index >= 15 is 0 Å². The van der Waals surface area contributed by atoms with Crippen LogP contribution in [0.2, 0.25) is 0 Å². The molecular formula is C14H19N3S. The summed E-state index contributed by atoms with van der Waals surface area (Å²) in [6.07, 6.45) is 7.77. The van der Waals surface area contributed by atoms with Crippen LogP contribution in [0.5, 0.6) is 0 Å². The van der Waals surface area contributed by atoms with E-state index < -0.39 is 0 Å². The topological polar surface area (TPSA) is 29.9 Å². The van der Waals surface area contributed by atoms with Gasteiger partial charge in [0.15, 0.2) is 0 Å². The number of thiophene rings is 1. The van der Waals surface area contributed by atoms with Crippen molar-refractivity contribution in [3.05, 3.63) is 40.8 Å². The third kappa shape index (κ3) is 3.00. The number of aromatic nitrogens is 2. The minimum absolute atomic E-state index is 0.586. The molecule has 2 aromatic heterocycles. The maximum atomic E-state index is 4.22. The molecule has 1 N–H and O–H groups in total. The summed E-state index contributed by atoms with van der Waals surface area (Å²) in [6, 6.07) is 6.98. The van der Waals surface area contributed by atoms with E-state index in [1.54, 1.807) is 0 Å². The molecule has 1 aliphatic carbocycles. The van der Waals surface area contributed by atoms with Gasteiger partial charge in [0.1, 0.15) is 0 Å². The van der Waals surface area contributed by atoms with Crippen LogP contribution in [0.1, 0.15) is 30.2 Å². The molecule has 96 valence electrons. The lowest BCUT2D eigenvalue weighted by Gasteiger charge is -2.16.